The third kappa shape index (κ3) is 4.75. The molecular weight excluding hydrogens is 398 g/mol. The van der Waals surface area contributed by atoms with Crippen LogP contribution < -0.4 is 10.1 Å². The predicted molar refractivity (Wildman–Crippen MR) is 117 cm³/mol. The quantitative estimate of drug-likeness (QED) is 0.403. The van der Waals surface area contributed by atoms with E-state index < -0.39 is 0 Å². The number of furan rings is 1. The second kappa shape index (κ2) is 9.37. The number of carbonyl (C=O) groups is 1. The van der Waals surface area contributed by atoms with Crippen molar-refractivity contribution in [1.82, 2.24) is 15.3 Å². The molecule has 6 nitrogen and oxygen atoms in total. The average molecular weight is 420 g/mol. The molecule has 0 aliphatic carbocycles. The lowest BCUT2D eigenvalue weighted by molar-refractivity contribution is -0.118. The summed E-state index contributed by atoms with van der Waals surface area (Å²) in [7, 11) is 1.64. The molecule has 0 saturated carbocycles. The number of aromatic amines is 1. The number of ether oxygens (including phenoxy) is 1. The van der Waals surface area contributed by atoms with Crippen molar-refractivity contribution in [2.75, 3.05) is 12.9 Å². The second-order valence-electron chi connectivity index (χ2n) is 6.50. The molecule has 0 aliphatic rings. The van der Waals surface area contributed by atoms with Crippen LogP contribution in [0.1, 0.15) is 5.76 Å². The van der Waals surface area contributed by atoms with E-state index in [2.05, 4.69) is 10.3 Å². The fourth-order valence-electron chi connectivity index (χ4n) is 2.93. The van der Waals surface area contributed by atoms with Gasteiger partial charge >= 0.3 is 0 Å². The first kappa shape index (κ1) is 19.8. The van der Waals surface area contributed by atoms with Gasteiger partial charge in [0.05, 0.1) is 31.4 Å². The largest absolute Gasteiger partial charge is 0.497 e. The molecule has 2 aromatic heterocycles. The van der Waals surface area contributed by atoms with Crippen molar-refractivity contribution in [2.24, 2.45) is 0 Å². The van der Waals surface area contributed by atoms with Gasteiger partial charge in [-0.1, -0.05) is 42.1 Å². The average Bonchev–Trinajstić information content (AvgIpc) is 3.47. The Morgan fingerprint density at radius 1 is 1.07 bits per heavy atom. The fourth-order valence-corrected chi connectivity index (χ4v) is 3.77. The Hall–Kier alpha value is -3.45. The van der Waals surface area contributed by atoms with Crippen molar-refractivity contribution in [3.63, 3.8) is 0 Å². The maximum Gasteiger partial charge on any atom is 0.230 e. The summed E-state index contributed by atoms with van der Waals surface area (Å²) in [4.78, 5) is 20.5. The van der Waals surface area contributed by atoms with Crippen molar-refractivity contribution >= 4 is 17.7 Å². The number of imidazole rings is 1. The molecule has 0 aliphatic heterocycles. The van der Waals surface area contributed by atoms with Crippen LogP contribution in [0.4, 0.5) is 0 Å². The topological polar surface area (TPSA) is 80.1 Å². The van der Waals surface area contributed by atoms with Crippen LogP contribution in [0.2, 0.25) is 0 Å². The van der Waals surface area contributed by atoms with E-state index in [4.69, 9.17) is 14.1 Å². The molecule has 7 heteroatoms. The van der Waals surface area contributed by atoms with Gasteiger partial charge in [-0.2, -0.15) is 0 Å². The van der Waals surface area contributed by atoms with Gasteiger partial charge in [-0.05, 0) is 36.4 Å². The molecule has 152 valence electrons. The van der Waals surface area contributed by atoms with Crippen LogP contribution in [0, 0.1) is 0 Å². The first-order valence-electron chi connectivity index (χ1n) is 9.44. The van der Waals surface area contributed by atoms with Crippen LogP contribution in [0.15, 0.2) is 82.4 Å². The Kier molecular flexibility index (Phi) is 6.20. The molecule has 4 aromatic rings. The minimum absolute atomic E-state index is 0.0821. The third-order valence-corrected chi connectivity index (χ3v) is 5.45. The predicted octanol–water partition coefficient (Wildman–Crippen LogP) is 4.75. The van der Waals surface area contributed by atoms with Crippen molar-refractivity contribution in [1.29, 1.82) is 0 Å². The summed E-state index contributed by atoms with van der Waals surface area (Å²) in [6, 6.07) is 21.3. The number of nitrogens with zero attached hydrogens (tertiary/aromatic N) is 1. The van der Waals surface area contributed by atoms with E-state index in [0.29, 0.717) is 6.54 Å². The SMILES string of the molecule is COc1ccc(-c2[nH]c(-c3ccccc3)nc2SCC(=O)NCc2ccco2)cc1. The van der Waals surface area contributed by atoms with Gasteiger partial charge in [0.1, 0.15) is 22.4 Å². The number of nitrogens with one attached hydrogen (secondary N) is 2. The van der Waals surface area contributed by atoms with E-state index in [9.17, 15) is 4.79 Å². The van der Waals surface area contributed by atoms with Gasteiger partial charge in [-0.3, -0.25) is 4.79 Å². The van der Waals surface area contributed by atoms with Gasteiger partial charge in [0.2, 0.25) is 5.91 Å². The highest BCUT2D eigenvalue weighted by Crippen LogP contribution is 2.33. The van der Waals surface area contributed by atoms with Crippen LogP contribution >= 0.6 is 11.8 Å². The van der Waals surface area contributed by atoms with E-state index >= 15 is 0 Å². The Bertz CT molecular complexity index is 1090. The first-order valence-corrected chi connectivity index (χ1v) is 10.4. The highest BCUT2D eigenvalue weighted by Gasteiger charge is 2.16. The molecule has 0 bridgehead atoms. The molecule has 0 unspecified atom stereocenters. The lowest BCUT2D eigenvalue weighted by Crippen LogP contribution is -2.24. The molecule has 0 saturated heterocycles. The molecule has 4 rings (SSSR count). The Morgan fingerprint density at radius 3 is 2.57 bits per heavy atom. The number of amides is 1. The maximum absolute atomic E-state index is 12.3. The zero-order chi connectivity index (χ0) is 20.8. The molecule has 2 N–H and O–H groups in total. The monoisotopic (exact) mass is 419 g/mol. The molecule has 30 heavy (non-hydrogen) atoms. The van der Waals surface area contributed by atoms with E-state index in [1.165, 1.54) is 11.8 Å². The summed E-state index contributed by atoms with van der Waals surface area (Å²) in [5, 5.41) is 3.63. The number of methoxy groups -OCH3 is 1. The van der Waals surface area contributed by atoms with Gasteiger partial charge in [-0.25, -0.2) is 4.98 Å². The summed E-state index contributed by atoms with van der Waals surface area (Å²) < 4.78 is 10.5. The second-order valence-corrected chi connectivity index (χ2v) is 7.47. The number of hydrogen-bond acceptors (Lipinski definition) is 5. The summed E-state index contributed by atoms with van der Waals surface area (Å²) in [6.07, 6.45) is 1.59. The van der Waals surface area contributed by atoms with Gasteiger partial charge in [0.25, 0.3) is 0 Å². The van der Waals surface area contributed by atoms with Crippen molar-refractivity contribution in [3.05, 3.63) is 78.8 Å². The van der Waals surface area contributed by atoms with Gasteiger partial charge in [0, 0.05) is 11.1 Å². The summed E-state index contributed by atoms with van der Waals surface area (Å²) in [6.45, 7) is 0.369. The van der Waals surface area contributed by atoms with Crippen LogP contribution in [0.25, 0.3) is 22.6 Å². The van der Waals surface area contributed by atoms with Gasteiger partial charge in [0.15, 0.2) is 0 Å². The van der Waals surface area contributed by atoms with E-state index in [1.807, 2.05) is 60.7 Å². The lowest BCUT2D eigenvalue weighted by atomic mass is 10.1. The fraction of sp³-hybridized carbons (Fsp3) is 0.130. The number of hydrogen-bond donors (Lipinski definition) is 2. The standard InChI is InChI=1S/C23H21N3O3S/c1-28-18-11-9-16(10-12-18)21-23(26-22(25-21)17-6-3-2-4-7-17)30-15-20(27)24-14-19-8-5-13-29-19/h2-13H,14-15H2,1H3,(H,24,27)(H,25,26). The molecule has 0 spiro atoms. The van der Waals surface area contributed by atoms with Crippen molar-refractivity contribution in [2.45, 2.75) is 11.6 Å². The first-order chi connectivity index (χ1) is 14.7. The zero-order valence-corrected chi connectivity index (χ0v) is 17.2. The summed E-state index contributed by atoms with van der Waals surface area (Å²) in [5.41, 5.74) is 2.84. The maximum atomic E-state index is 12.3. The summed E-state index contributed by atoms with van der Waals surface area (Å²) in [5.74, 6) is 2.44. The molecule has 0 atom stereocenters. The number of H-pyrrole nitrogens is 1. The van der Waals surface area contributed by atoms with Crippen molar-refractivity contribution < 1.29 is 13.9 Å². The minimum Gasteiger partial charge on any atom is -0.497 e. The molecular formula is C23H21N3O3S. The van der Waals surface area contributed by atoms with Gasteiger partial charge < -0.3 is 19.5 Å². The Labute approximate surface area is 178 Å². The number of thioether (sulfide) groups is 1. The molecule has 2 heterocycles. The van der Waals surface area contributed by atoms with E-state index in [0.717, 1.165) is 39.2 Å². The molecule has 1 amide bonds. The number of rotatable bonds is 8. The highest BCUT2D eigenvalue weighted by molar-refractivity contribution is 8.00. The Balaban J connectivity index is 1.53. The third-order valence-electron chi connectivity index (χ3n) is 4.48. The van der Waals surface area contributed by atoms with E-state index in [1.54, 1.807) is 19.4 Å². The summed E-state index contributed by atoms with van der Waals surface area (Å²) >= 11 is 1.40. The van der Waals surface area contributed by atoms with Crippen LogP contribution in [-0.2, 0) is 11.3 Å². The molecule has 0 radical (unpaired) electrons. The normalized spacial score (nSPS) is 10.7. The smallest absolute Gasteiger partial charge is 0.230 e. The number of benzene rings is 2. The van der Waals surface area contributed by atoms with Crippen LogP contribution in [-0.4, -0.2) is 28.7 Å². The van der Waals surface area contributed by atoms with Crippen LogP contribution in [0.5, 0.6) is 5.75 Å². The number of aromatic nitrogens is 2. The van der Waals surface area contributed by atoms with Crippen molar-refractivity contribution in [3.8, 4) is 28.4 Å². The van der Waals surface area contributed by atoms with E-state index in [-0.39, 0.29) is 11.7 Å². The zero-order valence-electron chi connectivity index (χ0n) is 16.4. The number of carbonyl (C=O) groups excluding carboxylic acids is 1. The lowest BCUT2D eigenvalue weighted by Gasteiger charge is -2.05. The minimum atomic E-state index is -0.0821. The highest BCUT2D eigenvalue weighted by atomic mass is 32.2. The Morgan fingerprint density at radius 2 is 1.87 bits per heavy atom. The van der Waals surface area contributed by atoms with Gasteiger partial charge in [-0.15, -0.1) is 0 Å². The molecule has 0 fully saturated rings. The van der Waals surface area contributed by atoms with Crippen LogP contribution in [0.3, 0.4) is 0 Å². The molecule has 2 aromatic carbocycles.